The topological polar surface area (TPSA) is 68.7 Å². The molecule has 4 rings (SSSR count). The van der Waals surface area contributed by atoms with Crippen molar-refractivity contribution >= 4 is 11.5 Å². The lowest BCUT2D eigenvalue weighted by molar-refractivity contribution is 0.198. The number of likely N-dealkylation sites (tertiary alicyclic amines) is 1. The summed E-state index contributed by atoms with van der Waals surface area (Å²) in [5.74, 6) is 4.34. The minimum atomic E-state index is 0.291. The minimum absolute atomic E-state index is 0.291. The summed E-state index contributed by atoms with van der Waals surface area (Å²) in [7, 11) is 0. The third-order valence-electron chi connectivity index (χ3n) is 5.15. The molecule has 28 heavy (non-hydrogen) atoms. The van der Waals surface area contributed by atoms with E-state index in [-0.39, 0.29) is 0 Å². The van der Waals surface area contributed by atoms with Crippen LogP contribution in [0.5, 0.6) is 5.75 Å². The number of rotatable bonds is 5. The monoisotopic (exact) mass is 375 g/mol. The lowest BCUT2D eigenvalue weighted by atomic mass is 9.94. The van der Waals surface area contributed by atoms with Crippen LogP contribution in [0.4, 0.5) is 5.82 Å². The summed E-state index contributed by atoms with van der Waals surface area (Å²) in [6, 6.07) is 12.1. The Balaban J connectivity index is 1.48. The Hall–Kier alpha value is -3.04. The molecule has 0 aliphatic carbocycles. The number of aromatic nitrogens is 3. The quantitative estimate of drug-likeness (QED) is 0.694. The molecule has 0 amide bonds. The predicted octanol–water partition coefficient (Wildman–Crippen LogP) is 3.01. The van der Waals surface area contributed by atoms with Crippen molar-refractivity contribution in [2.45, 2.75) is 32.2 Å². The van der Waals surface area contributed by atoms with E-state index in [1.54, 1.807) is 4.52 Å². The van der Waals surface area contributed by atoms with Crippen LogP contribution < -0.4 is 10.5 Å². The van der Waals surface area contributed by atoms with Gasteiger partial charge in [-0.3, -0.25) is 4.90 Å². The van der Waals surface area contributed by atoms with Gasteiger partial charge in [-0.2, -0.15) is 9.61 Å². The van der Waals surface area contributed by atoms with Crippen LogP contribution in [0.3, 0.4) is 0 Å². The summed E-state index contributed by atoms with van der Waals surface area (Å²) in [4.78, 5) is 7.30. The third kappa shape index (κ3) is 3.95. The lowest BCUT2D eigenvalue weighted by Crippen LogP contribution is -2.34. The molecule has 0 saturated carbocycles. The predicted molar refractivity (Wildman–Crippen MR) is 110 cm³/mol. The van der Waals surface area contributed by atoms with Crippen molar-refractivity contribution < 1.29 is 4.74 Å². The van der Waals surface area contributed by atoms with Gasteiger partial charge in [0.05, 0.1) is 11.4 Å². The maximum Gasteiger partial charge on any atom is 0.157 e. The Kier molecular flexibility index (Phi) is 5.18. The van der Waals surface area contributed by atoms with E-state index < -0.39 is 0 Å². The van der Waals surface area contributed by atoms with Gasteiger partial charge in [0.15, 0.2) is 5.65 Å². The fourth-order valence-electron chi connectivity index (χ4n) is 3.90. The van der Waals surface area contributed by atoms with Gasteiger partial charge < -0.3 is 10.5 Å². The summed E-state index contributed by atoms with van der Waals surface area (Å²) < 4.78 is 7.25. The van der Waals surface area contributed by atoms with E-state index in [9.17, 15) is 0 Å². The van der Waals surface area contributed by atoms with Crippen molar-refractivity contribution in [3.8, 4) is 18.1 Å². The molecular formula is C22H25N5O. The van der Waals surface area contributed by atoms with E-state index in [0.29, 0.717) is 18.3 Å². The number of aryl methyl sites for hydroxylation is 1. The molecule has 6 heteroatoms. The molecule has 6 nitrogen and oxygen atoms in total. The molecule has 1 aliphatic heterocycles. The molecule has 1 aliphatic rings. The molecule has 3 heterocycles. The minimum Gasteiger partial charge on any atom is -0.481 e. The van der Waals surface area contributed by atoms with Crippen LogP contribution in [0.25, 0.3) is 5.65 Å². The number of fused-ring (bicyclic) bond motifs is 1. The van der Waals surface area contributed by atoms with Crippen molar-refractivity contribution in [1.29, 1.82) is 0 Å². The van der Waals surface area contributed by atoms with Crippen molar-refractivity contribution in [3.63, 3.8) is 0 Å². The molecule has 0 bridgehead atoms. The highest BCUT2D eigenvalue weighted by molar-refractivity contribution is 5.48. The smallest absolute Gasteiger partial charge is 0.157 e. The highest BCUT2D eigenvalue weighted by atomic mass is 16.5. The number of hydrogen-bond donors (Lipinski definition) is 1. The fraction of sp³-hybridized carbons (Fsp3) is 0.364. The van der Waals surface area contributed by atoms with Gasteiger partial charge in [0.1, 0.15) is 18.2 Å². The first-order valence-corrected chi connectivity index (χ1v) is 9.63. The van der Waals surface area contributed by atoms with Gasteiger partial charge in [-0.15, -0.1) is 6.42 Å². The lowest BCUT2D eigenvalue weighted by Gasteiger charge is -2.32. The normalized spacial score (nSPS) is 17.5. The Morgan fingerprint density at radius 1 is 1.32 bits per heavy atom. The van der Waals surface area contributed by atoms with Crippen molar-refractivity contribution in [1.82, 2.24) is 19.5 Å². The third-order valence-corrected chi connectivity index (χ3v) is 5.15. The number of nitrogen functional groups attached to an aromatic ring is 1. The number of terminal acetylenes is 1. The van der Waals surface area contributed by atoms with Gasteiger partial charge in [-0.05, 0) is 44.0 Å². The largest absolute Gasteiger partial charge is 0.481 e. The first kappa shape index (κ1) is 18.3. The summed E-state index contributed by atoms with van der Waals surface area (Å²) in [5, 5.41) is 4.39. The van der Waals surface area contributed by atoms with E-state index in [2.05, 4.69) is 28.1 Å². The van der Waals surface area contributed by atoms with E-state index in [1.165, 1.54) is 5.56 Å². The summed E-state index contributed by atoms with van der Waals surface area (Å²) in [5.41, 5.74) is 10.2. The second kappa shape index (κ2) is 7.91. The van der Waals surface area contributed by atoms with Crippen LogP contribution in [-0.2, 0) is 6.54 Å². The van der Waals surface area contributed by atoms with E-state index >= 15 is 0 Å². The zero-order valence-corrected chi connectivity index (χ0v) is 16.1. The first-order chi connectivity index (χ1) is 13.6. The molecule has 1 aromatic carbocycles. The molecule has 0 spiro atoms. The Morgan fingerprint density at radius 3 is 3.07 bits per heavy atom. The molecule has 3 aromatic rings. The van der Waals surface area contributed by atoms with E-state index in [4.69, 9.17) is 21.9 Å². The van der Waals surface area contributed by atoms with Crippen LogP contribution in [0.2, 0.25) is 0 Å². The highest BCUT2D eigenvalue weighted by Crippen LogP contribution is 2.28. The van der Waals surface area contributed by atoms with Crippen LogP contribution in [0.15, 0.2) is 36.4 Å². The molecule has 0 radical (unpaired) electrons. The zero-order valence-electron chi connectivity index (χ0n) is 16.1. The van der Waals surface area contributed by atoms with Crippen molar-refractivity contribution in [2.24, 2.45) is 0 Å². The Labute approximate surface area is 165 Å². The first-order valence-electron chi connectivity index (χ1n) is 9.63. The van der Waals surface area contributed by atoms with E-state index in [1.807, 2.05) is 31.2 Å². The number of anilines is 1. The van der Waals surface area contributed by atoms with E-state index in [0.717, 1.165) is 55.3 Å². The second-order valence-corrected chi connectivity index (χ2v) is 7.38. The molecule has 1 unspecified atom stereocenters. The van der Waals surface area contributed by atoms with Gasteiger partial charge in [0, 0.05) is 31.1 Å². The van der Waals surface area contributed by atoms with Gasteiger partial charge in [0.25, 0.3) is 0 Å². The Bertz CT molecular complexity index is 1020. The number of ether oxygens (including phenoxy) is 1. The van der Waals surface area contributed by atoms with Crippen molar-refractivity contribution in [2.75, 3.05) is 25.4 Å². The molecular weight excluding hydrogens is 350 g/mol. The number of nitrogens with zero attached hydrogens (tertiary/aromatic N) is 4. The van der Waals surface area contributed by atoms with Crippen LogP contribution in [-0.4, -0.2) is 39.2 Å². The summed E-state index contributed by atoms with van der Waals surface area (Å²) >= 11 is 0. The molecule has 144 valence electrons. The SMILES string of the molecule is C#CCOc1cccc(CN2CCCC(c3cc(N)n4nc(C)cc4n3)C2)c1. The van der Waals surface area contributed by atoms with Gasteiger partial charge in [-0.25, -0.2) is 4.98 Å². The second-order valence-electron chi connectivity index (χ2n) is 7.38. The average Bonchev–Trinajstić information content (AvgIpc) is 3.08. The van der Waals surface area contributed by atoms with Gasteiger partial charge in [-0.1, -0.05) is 18.1 Å². The number of hydrogen-bond acceptors (Lipinski definition) is 5. The number of piperidine rings is 1. The van der Waals surface area contributed by atoms with Crippen LogP contribution in [0.1, 0.15) is 35.7 Å². The van der Waals surface area contributed by atoms with Crippen molar-refractivity contribution in [3.05, 3.63) is 53.3 Å². The fourth-order valence-corrected chi connectivity index (χ4v) is 3.90. The molecule has 2 aromatic heterocycles. The maximum absolute atomic E-state index is 6.21. The standard InChI is InChI=1S/C22H25N5O/c1-3-10-28-19-8-4-6-17(12-19)14-26-9-5-7-18(15-26)20-13-21(23)27-22(24-20)11-16(2)25-27/h1,4,6,8,11-13,18H,5,7,9-10,14-15,23H2,2H3. The molecule has 1 atom stereocenters. The number of benzene rings is 1. The maximum atomic E-state index is 6.21. The average molecular weight is 375 g/mol. The summed E-state index contributed by atoms with van der Waals surface area (Å²) in [6.45, 7) is 5.17. The highest BCUT2D eigenvalue weighted by Gasteiger charge is 2.23. The summed E-state index contributed by atoms with van der Waals surface area (Å²) in [6.07, 6.45) is 7.54. The number of nitrogens with two attached hydrogens (primary N) is 1. The van der Waals surface area contributed by atoms with Gasteiger partial charge in [0.2, 0.25) is 0 Å². The zero-order chi connectivity index (χ0) is 19.5. The molecule has 1 saturated heterocycles. The van der Waals surface area contributed by atoms with Crippen LogP contribution in [0, 0.1) is 19.3 Å². The van der Waals surface area contributed by atoms with Crippen LogP contribution >= 0.6 is 0 Å². The van der Waals surface area contributed by atoms with Gasteiger partial charge >= 0.3 is 0 Å². The molecule has 1 fully saturated rings. The molecule has 2 N–H and O–H groups in total. The Morgan fingerprint density at radius 2 is 2.21 bits per heavy atom.